The molecule has 3 rings (SSSR count). The summed E-state index contributed by atoms with van der Waals surface area (Å²) in [6.07, 6.45) is 5.58. The van der Waals surface area contributed by atoms with Crippen LogP contribution in [0.1, 0.15) is 17.7 Å². The highest BCUT2D eigenvalue weighted by Gasteiger charge is 2.13. The van der Waals surface area contributed by atoms with Gasteiger partial charge in [0.25, 0.3) is 0 Å². The molecule has 3 aromatic rings. The molecule has 0 bridgehead atoms. The molecule has 0 amide bonds. The van der Waals surface area contributed by atoms with Crippen LogP contribution in [0.2, 0.25) is 0 Å². The summed E-state index contributed by atoms with van der Waals surface area (Å²) in [5.41, 5.74) is 10.0. The van der Waals surface area contributed by atoms with Crippen LogP contribution in [-0.4, -0.2) is 20.0 Å². The van der Waals surface area contributed by atoms with Crippen LogP contribution in [0.15, 0.2) is 54.9 Å². The van der Waals surface area contributed by atoms with E-state index in [1.165, 1.54) is 5.56 Å². The summed E-state index contributed by atoms with van der Waals surface area (Å²) in [5, 5.41) is 8.47. The predicted octanol–water partition coefficient (Wildman–Crippen LogP) is 2.43. The summed E-state index contributed by atoms with van der Waals surface area (Å²) in [6.45, 7) is 1.20. The van der Waals surface area contributed by atoms with Gasteiger partial charge in [-0.1, -0.05) is 35.5 Å². The lowest BCUT2D eigenvalue weighted by Gasteiger charge is -2.08. The molecule has 0 unspecified atom stereocenters. The van der Waals surface area contributed by atoms with E-state index in [-0.39, 0.29) is 0 Å². The van der Waals surface area contributed by atoms with Crippen LogP contribution in [0, 0.1) is 0 Å². The monoisotopic (exact) mass is 293 g/mol. The molecule has 2 aromatic heterocycles. The number of rotatable bonds is 6. The van der Waals surface area contributed by atoms with Crippen LogP contribution < -0.4 is 5.73 Å². The van der Waals surface area contributed by atoms with Gasteiger partial charge in [-0.3, -0.25) is 4.98 Å². The maximum absolute atomic E-state index is 5.79. The van der Waals surface area contributed by atoms with Gasteiger partial charge >= 0.3 is 0 Å². The first-order valence-electron chi connectivity index (χ1n) is 7.45. The highest BCUT2D eigenvalue weighted by molar-refractivity contribution is 5.61. The van der Waals surface area contributed by atoms with E-state index >= 15 is 0 Å². The predicted molar refractivity (Wildman–Crippen MR) is 85.9 cm³/mol. The minimum Gasteiger partial charge on any atom is -0.325 e. The molecular weight excluding hydrogens is 274 g/mol. The van der Waals surface area contributed by atoms with E-state index in [9.17, 15) is 0 Å². The van der Waals surface area contributed by atoms with Gasteiger partial charge in [-0.05, 0) is 30.5 Å². The van der Waals surface area contributed by atoms with Crippen LogP contribution in [0.5, 0.6) is 0 Å². The molecule has 5 nitrogen and oxygen atoms in total. The van der Waals surface area contributed by atoms with Gasteiger partial charge < -0.3 is 5.73 Å². The number of nitrogens with zero attached hydrogens (tertiary/aromatic N) is 4. The van der Waals surface area contributed by atoms with E-state index in [4.69, 9.17) is 5.73 Å². The van der Waals surface area contributed by atoms with Gasteiger partial charge in [0.1, 0.15) is 5.69 Å². The molecule has 0 aliphatic heterocycles. The molecule has 2 N–H and O–H groups in total. The SMILES string of the molecule is NCc1nnn(CCCc2ccccc2)c1-c1ccncc1. The molecule has 0 atom stereocenters. The number of nitrogens with two attached hydrogens (primary N) is 1. The van der Waals surface area contributed by atoms with Crippen molar-refractivity contribution in [3.05, 3.63) is 66.1 Å². The van der Waals surface area contributed by atoms with Crippen molar-refractivity contribution in [3.63, 3.8) is 0 Å². The summed E-state index contributed by atoms with van der Waals surface area (Å²) >= 11 is 0. The summed E-state index contributed by atoms with van der Waals surface area (Å²) in [7, 11) is 0. The van der Waals surface area contributed by atoms with E-state index in [0.29, 0.717) is 6.54 Å². The van der Waals surface area contributed by atoms with Crippen molar-refractivity contribution in [2.24, 2.45) is 5.73 Å². The first-order chi connectivity index (χ1) is 10.9. The Kier molecular flexibility index (Phi) is 4.56. The second-order valence-corrected chi connectivity index (χ2v) is 5.14. The average molecular weight is 293 g/mol. The molecule has 0 fully saturated rings. The highest BCUT2D eigenvalue weighted by Crippen LogP contribution is 2.21. The van der Waals surface area contributed by atoms with E-state index in [1.807, 2.05) is 22.9 Å². The summed E-state index contributed by atoms with van der Waals surface area (Å²) < 4.78 is 1.94. The lowest BCUT2D eigenvalue weighted by molar-refractivity contribution is 0.563. The Hall–Kier alpha value is -2.53. The third kappa shape index (κ3) is 3.20. The smallest absolute Gasteiger partial charge is 0.104 e. The fraction of sp³-hybridized carbons (Fsp3) is 0.235. The minimum atomic E-state index is 0.385. The average Bonchev–Trinajstić information content (AvgIpc) is 2.99. The quantitative estimate of drug-likeness (QED) is 0.758. The lowest BCUT2D eigenvalue weighted by atomic mass is 10.1. The van der Waals surface area contributed by atoms with Crippen molar-refractivity contribution in [3.8, 4) is 11.3 Å². The van der Waals surface area contributed by atoms with Crippen LogP contribution >= 0.6 is 0 Å². The molecule has 112 valence electrons. The summed E-state index contributed by atoms with van der Waals surface area (Å²) in [6, 6.07) is 14.4. The van der Waals surface area contributed by atoms with E-state index in [0.717, 1.165) is 36.3 Å². The number of aryl methyl sites for hydroxylation is 2. The standard InChI is InChI=1S/C17H19N5/c18-13-16-17(15-8-10-19-11-9-15)22(21-20-16)12-4-7-14-5-2-1-3-6-14/h1-3,5-6,8-11H,4,7,12-13,18H2. The molecule has 2 heterocycles. The van der Waals surface area contributed by atoms with Crippen LogP contribution in [0.25, 0.3) is 11.3 Å². The molecule has 22 heavy (non-hydrogen) atoms. The summed E-state index contributed by atoms with van der Waals surface area (Å²) in [4.78, 5) is 4.06. The third-order valence-corrected chi connectivity index (χ3v) is 3.63. The van der Waals surface area contributed by atoms with Crippen molar-refractivity contribution in [1.29, 1.82) is 0 Å². The molecular formula is C17H19N5. The zero-order valence-electron chi connectivity index (χ0n) is 12.4. The van der Waals surface area contributed by atoms with Crippen molar-refractivity contribution in [2.45, 2.75) is 25.9 Å². The Balaban J connectivity index is 1.75. The van der Waals surface area contributed by atoms with Crippen LogP contribution in [-0.2, 0) is 19.5 Å². The summed E-state index contributed by atoms with van der Waals surface area (Å²) in [5.74, 6) is 0. The van der Waals surface area contributed by atoms with Crippen molar-refractivity contribution >= 4 is 0 Å². The number of hydrogen-bond acceptors (Lipinski definition) is 4. The second kappa shape index (κ2) is 6.95. The molecule has 0 aliphatic carbocycles. The van der Waals surface area contributed by atoms with Gasteiger partial charge in [0, 0.05) is 31.0 Å². The van der Waals surface area contributed by atoms with E-state index < -0.39 is 0 Å². The Labute approximate surface area is 129 Å². The van der Waals surface area contributed by atoms with Gasteiger partial charge in [0.2, 0.25) is 0 Å². The van der Waals surface area contributed by atoms with Crippen molar-refractivity contribution < 1.29 is 0 Å². The normalized spacial score (nSPS) is 10.8. The number of aromatic nitrogens is 4. The zero-order valence-corrected chi connectivity index (χ0v) is 12.4. The molecule has 1 aromatic carbocycles. The Morgan fingerprint density at radius 1 is 1.00 bits per heavy atom. The van der Waals surface area contributed by atoms with Gasteiger partial charge in [0.05, 0.1) is 5.69 Å². The largest absolute Gasteiger partial charge is 0.325 e. The Morgan fingerprint density at radius 2 is 1.77 bits per heavy atom. The van der Waals surface area contributed by atoms with Crippen LogP contribution in [0.3, 0.4) is 0 Å². The minimum absolute atomic E-state index is 0.385. The van der Waals surface area contributed by atoms with Crippen molar-refractivity contribution in [1.82, 2.24) is 20.0 Å². The maximum atomic E-state index is 5.79. The molecule has 0 spiro atoms. The number of pyridine rings is 1. The Morgan fingerprint density at radius 3 is 2.50 bits per heavy atom. The van der Waals surface area contributed by atoms with Gasteiger partial charge in [-0.2, -0.15) is 0 Å². The van der Waals surface area contributed by atoms with Crippen LogP contribution in [0.4, 0.5) is 0 Å². The van der Waals surface area contributed by atoms with E-state index in [2.05, 4.69) is 39.6 Å². The second-order valence-electron chi connectivity index (χ2n) is 5.14. The van der Waals surface area contributed by atoms with Gasteiger partial charge in [-0.15, -0.1) is 5.10 Å². The third-order valence-electron chi connectivity index (χ3n) is 3.63. The maximum Gasteiger partial charge on any atom is 0.104 e. The Bertz CT molecular complexity index is 706. The fourth-order valence-corrected chi connectivity index (χ4v) is 2.55. The zero-order chi connectivity index (χ0) is 15.2. The van der Waals surface area contributed by atoms with Gasteiger partial charge in [0.15, 0.2) is 0 Å². The topological polar surface area (TPSA) is 69.6 Å². The van der Waals surface area contributed by atoms with E-state index in [1.54, 1.807) is 12.4 Å². The highest BCUT2D eigenvalue weighted by atomic mass is 15.4. The fourth-order valence-electron chi connectivity index (χ4n) is 2.55. The molecule has 0 saturated carbocycles. The molecule has 0 aliphatic rings. The first kappa shape index (κ1) is 14.4. The lowest BCUT2D eigenvalue weighted by Crippen LogP contribution is -2.05. The molecule has 5 heteroatoms. The van der Waals surface area contributed by atoms with Gasteiger partial charge in [-0.25, -0.2) is 4.68 Å². The first-order valence-corrected chi connectivity index (χ1v) is 7.45. The number of benzene rings is 1. The number of hydrogen-bond donors (Lipinski definition) is 1. The molecule has 0 radical (unpaired) electrons. The molecule has 0 saturated heterocycles. The van der Waals surface area contributed by atoms with Crippen molar-refractivity contribution in [2.75, 3.05) is 0 Å².